The van der Waals surface area contributed by atoms with E-state index in [4.69, 9.17) is 14.6 Å². The molecule has 0 atom stereocenters. The van der Waals surface area contributed by atoms with Crippen LogP contribution in [-0.2, 0) is 30.3 Å². The van der Waals surface area contributed by atoms with Gasteiger partial charge in [-0.3, -0.25) is 14.4 Å². The zero-order valence-electron chi connectivity index (χ0n) is 13.4. The predicted octanol–water partition coefficient (Wildman–Crippen LogP) is 2.21. The highest BCUT2D eigenvalue weighted by atomic mass is 16.6. The van der Waals surface area contributed by atoms with Crippen molar-refractivity contribution in [2.24, 2.45) is 5.41 Å². The van der Waals surface area contributed by atoms with Crippen LogP contribution in [0.4, 0.5) is 0 Å². The van der Waals surface area contributed by atoms with Gasteiger partial charge in [0, 0.05) is 6.42 Å². The molecule has 23 heavy (non-hydrogen) atoms. The van der Waals surface area contributed by atoms with E-state index in [1.165, 1.54) is 0 Å². The first-order valence-electron chi connectivity index (χ1n) is 7.56. The zero-order chi connectivity index (χ0) is 17.3. The fourth-order valence-electron chi connectivity index (χ4n) is 2.32. The smallest absolute Gasteiger partial charge is 0.323 e. The Kier molecular flexibility index (Phi) is 7.25. The summed E-state index contributed by atoms with van der Waals surface area (Å²) in [5.41, 5.74) is -0.912. The molecule has 1 N–H and O–H groups in total. The van der Waals surface area contributed by atoms with E-state index in [2.05, 4.69) is 0 Å². The molecule has 0 aliphatic heterocycles. The minimum Gasteiger partial charge on any atom is -0.481 e. The lowest BCUT2D eigenvalue weighted by molar-refractivity contribution is -0.173. The molecule has 0 radical (unpaired) electrons. The summed E-state index contributed by atoms with van der Waals surface area (Å²) in [5.74, 6) is -2.58. The van der Waals surface area contributed by atoms with Gasteiger partial charge in [0.1, 0.15) is 0 Å². The summed E-state index contributed by atoms with van der Waals surface area (Å²) in [4.78, 5) is 35.9. The van der Waals surface area contributed by atoms with E-state index in [0.29, 0.717) is 0 Å². The van der Waals surface area contributed by atoms with Gasteiger partial charge in [-0.25, -0.2) is 0 Å². The van der Waals surface area contributed by atoms with Gasteiger partial charge in [-0.15, -0.1) is 0 Å². The Morgan fingerprint density at radius 2 is 1.52 bits per heavy atom. The van der Waals surface area contributed by atoms with E-state index in [-0.39, 0.29) is 32.5 Å². The fourth-order valence-corrected chi connectivity index (χ4v) is 2.32. The molecule has 0 aliphatic carbocycles. The lowest BCUT2D eigenvalue weighted by atomic mass is 9.77. The monoisotopic (exact) mass is 322 g/mol. The second kappa shape index (κ2) is 8.92. The van der Waals surface area contributed by atoms with Crippen molar-refractivity contribution >= 4 is 17.9 Å². The Hall–Kier alpha value is -2.37. The summed E-state index contributed by atoms with van der Waals surface area (Å²) in [7, 11) is 0. The van der Waals surface area contributed by atoms with E-state index < -0.39 is 23.3 Å². The van der Waals surface area contributed by atoms with Crippen LogP contribution in [0.3, 0.4) is 0 Å². The SMILES string of the molecule is CCOC(=O)C(CCC(=O)O)(Cc1ccccc1)C(=O)OCC. The van der Waals surface area contributed by atoms with Crippen molar-refractivity contribution in [1.29, 1.82) is 0 Å². The Bertz CT molecular complexity index is 519. The number of esters is 2. The molecule has 0 fully saturated rings. The molecule has 6 heteroatoms. The highest BCUT2D eigenvalue weighted by Crippen LogP contribution is 2.32. The van der Waals surface area contributed by atoms with Crippen LogP contribution in [0.25, 0.3) is 0 Å². The largest absolute Gasteiger partial charge is 0.481 e. The fraction of sp³-hybridized carbons (Fsp3) is 0.471. The lowest BCUT2D eigenvalue weighted by Crippen LogP contribution is -2.44. The first-order chi connectivity index (χ1) is 11.0. The third kappa shape index (κ3) is 5.09. The van der Waals surface area contributed by atoms with Gasteiger partial charge in [0.15, 0.2) is 5.41 Å². The van der Waals surface area contributed by atoms with Crippen molar-refractivity contribution in [1.82, 2.24) is 0 Å². The maximum Gasteiger partial charge on any atom is 0.323 e. The molecule has 0 spiro atoms. The molecule has 1 aromatic carbocycles. The van der Waals surface area contributed by atoms with E-state index in [1.54, 1.807) is 38.1 Å². The van der Waals surface area contributed by atoms with Crippen LogP contribution in [0.15, 0.2) is 30.3 Å². The molecule has 1 aromatic rings. The van der Waals surface area contributed by atoms with Crippen LogP contribution in [0, 0.1) is 5.41 Å². The quantitative estimate of drug-likeness (QED) is 0.554. The number of ether oxygens (including phenoxy) is 2. The number of rotatable bonds is 9. The molecule has 0 amide bonds. The molecule has 0 saturated heterocycles. The molecule has 6 nitrogen and oxygen atoms in total. The molecular weight excluding hydrogens is 300 g/mol. The van der Waals surface area contributed by atoms with Gasteiger partial charge in [-0.1, -0.05) is 30.3 Å². The second-order valence-electron chi connectivity index (χ2n) is 5.08. The predicted molar refractivity (Wildman–Crippen MR) is 82.7 cm³/mol. The lowest BCUT2D eigenvalue weighted by Gasteiger charge is -2.28. The summed E-state index contributed by atoms with van der Waals surface area (Å²) in [6, 6.07) is 8.93. The molecule has 0 aliphatic rings. The van der Waals surface area contributed by atoms with Crippen LogP contribution >= 0.6 is 0 Å². The molecule has 0 heterocycles. The van der Waals surface area contributed by atoms with Gasteiger partial charge in [-0.2, -0.15) is 0 Å². The average molecular weight is 322 g/mol. The highest BCUT2D eigenvalue weighted by Gasteiger charge is 2.48. The number of benzene rings is 1. The summed E-state index contributed by atoms with van der Waals surface area (Å²) in [5, 5.41) is 8.96. The van der Waals surface area contributed by atoms with Gasteiger partial charge in [-0.05, 0) is 32.3 Å². The van der Waals surface area contributed by atoms with Crippen molar-refractivity contribution in [3.63, 3.8) is 0 Å². The van der Waals surface area contributed by atoms with Crippen LogP contribution < -0.4 is 0 Å². The van der Waals surface area contributed by atoms with Gasteiger partial charge in [0.25, 0.3) is 0 Å². The van der Waals surface area contributed by atoms with E-state index in [9.17, 15) is 14.4 Å². The van der Waals surface area contributed by atoms with E-state index in [1.807, 2.05) is 6.07 Å². The summed E-state index contributed by atoms with van der Waals surface area (Å²) in [6.07, 6.45) is -0.460. The molecular formula is C17H22O6. The van der Waals surface area contributed by atoms with Crippen molar-refractivity contribution in [2.75, 3.05) is 13.2 Å². The van der Waals surface area contributed by atoms with E-state index >= 15 is 0 Å². The van der Waals surface area contributed by atoms with Gasteiger partial charge in [0.05, 0.1) is 13.2 Å². The first-order valence-corrected chi connectivity index (χ1v) is 7.56. The van der Waals surface area contributed by atoms with Crippen LogP contribution in [0.5, 0.6) is 0 Å². The Morgan fingerprint density at radius 3 is 1.96 bits per heavy atom. The Labute approximate surface area is 135 Å². The molecule has 0 bridgehead atoms. The minimum atomic E-state index is -1.65. The number of carbonyl (C=O) groups excluding carboxylic acids is 2. The van der Waals surface area contributed by atoms with Gasteiger partial charge < -0.3 is 14.6 Å². The number of hydrogen-bond acceptors (Lipinski definition) is 5. The topological polar surface area (TPSA) is 89.9 Å². The number of aliphatic carboxylic acids is 1. The highest BCUT2D eigenvalue weighted by molar-refractivity contribution is 6.00. The Morgan fingerprint density at radius 1 is 1.00 bits per heavy atom. The average Bonchev–Trinajstić information content (AvgIpc) is 2.52. The third-order valence-electron chi connectivity index (χ3n) is 3.45. The minimum absolute atomic E-state index is 0.0405. The van der Waals surface area contributed by atoms with Crippen LogP contribution in [0.1, 0.15) is 32.3 Å². The summed E-state index contributed by atoms with van der Waals surface area (Å²) in [6.45, 7) is 3.46. The van der Waals surface area contributed by atoms with Crippen molar-refractivity contribution in [2.45, 2.75) is 33.1 Å². The number of carboxylic acid groups (broad SMARTS) is 1. The normalized spacial score (nSPS) is 10.9. The number of carbonyl (C=O) groups is 3. The van der Waals surface area contributed by atoms with Crippen molar-refractivity contribution in [3.8, 4) is 0 Å². The van der Waals surface area contributed by atoms with E-state index in [0.717, 1.165) is 5.56 Å². The standard InChI is InChI=1S/C17H22O6/c1-3-22-15(20)17(11-10-14(18)19,16(21)23-4-2)12-13-8-6-5-7-9-13/h5-9H,3-4,10-12H2,1-2H3,(H,18,19). The zero-order valence-corrected chi connectivity index (χ0v) is 13.4. The van der Waals surface area contributed by atoms with Gasteiger partial charge >= 0.3 is 17.9 Å². The summed E-state index contributed by atoms with van der Waals surface area (Å²) >= 11 is 0. The Balaban J connectivity index is 3.22. The third-order valence-corrected chi connectivity index (χ3v) is 3.45. The molecule has 0 saturated carbocycles. The first kappa shape index (κ1) is 18.7. The van der Waals surface area contributed by atoms with Gasteiger partial charge in [0.2, 0.25) is 0 Å². The molecule has 0 aromatic heterocycles. The number of hydrogen-bond donors (Lipinski definition) is 1. The van der Waals surface area contributed by atoms with Crippen LogP contribution in [0.2, 0.25) is 0 Å². The van der Waals surface area contributed by atoms with Crippen LogP contribution in [-0.4, -0.2) is 36.2 Å². The molecule has 1 rings (SSSR count). The summed E-state index contributed by atoms with van der Waals surface area (Å²) < 4.78 is 10.1. The second-order valence-corrected chi connectivity index (χ2v) is 5.08. The maximum absolute atomic E-state index is 12.5. The molecule has 0 unspecified atom stereocenters. The molecule has 126 valence electrons. The van der Waals surface area contributed by atoms with Crippen molar-refractivity contribution < 1.29 is 29.0 Å². The maximum atomic E-state index is 12.5. The van der Waals surface area contributed by atoms with Crippen molar-refractivity contribution in [3.05, 3.63) is 35.9 Å². The number of carboxylic acids is 1.